The number of nitrogen functional groups attached to an aromatic ring is 1. The van der Waals surface area contributed by atoms with E-state index in [4.69, 9.17) is 10.9 Å². The monoisotopic (exact) mass is 383 g/mol. The summed E-state index contributed by atoms with van der Waals surface area (Å²) in [6.45, 7) is 1.80. The standard InChI is InChI=1S/C13H13N5O5S2/c1-4-2-6(12(21)22)18-10(20)8(11(18)25-4)16-9(19)7(17-23)5-3-24-13(14)15-5/h2-4,8,11,23H,1H3,(H2,14,15)(H,16,19)(H,21,22)/b17-7+/t4?,8?,11-/m1/s1. The average Bonchev–Trinajstić information content (AvgIpc) is 2.98. The summed E-state index contributed by atoms with van der Waals surface area (Å²) in [7, 11) is 0. The number of rotatable bonds is 4. The van der Waals surface area contributed by atoms with Crippen LogP contribution in [0.3, 0.4) is 0 Å². The molecule has 1 aromatic heterocycles. The molecule has 1 fully saturated rings. The number of nitrogens with two attached hydrogens (primary N) is 1. The molecule has 0 aromatic carbocycles. The van der Waals surface area contributed by atoms with E-state index >= 15 is 0 Å². The van der Waals surface area contributed by atoms with Crippen molar-refractivity contribution < 1.29 is 24.7 Å². The Bertz CT molecular complexity index is 819. The zero-order valence-corrected chi connectivity index (χ0v) is 14.4. The van der Waals surface area contributed by atoms with Crippen molar-refractivity contribution in [1.82, 2.24) is 15.2 Å². The molecule has 3 heterocycles. The fourth-order valence-electron chi connectivity index (χ4n) is 2.55. The minimum Gasteiger partial charge on any atom is -0.477 e. The smallest absolute Gasteiger partial charge is 0.352 e. The summed E-state index contributed by atoms with van der Waals surface area (Å²) in [5.74, 6) is -2.54. The summed E-state index contributed by atoms with van der Waals surface area (Å²) in [5.41, 5.74) is 5.10. The number of hydrogen-bond donors (Lipinski definition) is 4. The summed E-state index contributed by atoms with van der Waals surface area (Å²) in [6, 6.07) is -0.921. The highest BCUT2D eigenvalue weighted by molar-refractivity contribution is 8.00. The number of hydrogen-bond acceptors (Lipinski definition) is 9. The molecule has 1 saturated heterocycles. The molecule has 1 aromatic rings. The number of carbonyl (C=O) groups is 3. The fraction of sp³-hybridized carbons (Fsp3) is 0.308. The first-order chi connectivity index (χ1) is 11.8. The van der Waals surface area contributed by atoms with Gasteiger partial charge in [-0.3, -0.25) is 14.5 Å². The molecule has 0 saturated carbocycles. The second-order valence-corrected chi connectivity index (χ2v) is 7.66. The summed E-state index contributed by atoms with van der Waals surface area (Å²) < 4.78 is 0. The molecule has 25 heavy (non-hydrogen) atoms. The number of β-lactam (4-membered cyclic amide) rings is 1. The average molecular weight is 383 g/mol. The number of aliphatic carboxylic acids is 1. The second kappa shape index (κ2) is 6.37. The molecule has 5 N–H and O–H groups in total. The van der Waals surface area contributed by atoms with Crippen LogP contribution >= 0.6 is 23.1 Å². The van der Waals surface area contributed by atoms with E-state index in [1.54, 1.807) is 6.92 Å². The fourth-order valence-corrected chi connectivity index (χ4v) is 4.42. The summed E-state index contributed by atoms with van der Waals surface area (Å²) in [6.07, 6.45) is 1.48. The second-order valence-electron chi connectivity index (χ2n) is 5.27. The molecule has 0 spiro atoms. The van der Waals surface area contributed by atoms with Crippen molar-refractivity contribution in [3.8, 4) is 0 Å². The van der Waals surface area contributed by atoms with E-state index in [0.717, 1.165) is 16.2 Å². The molecular weight excluding hydrogens is 370 g/mol. The Hall–Kier alpha value is -2.60. The van der Waals surface area contributed by atoms with E-state index in [2.05, 4.69) is 15.5 Å². The van der Waals surface area contributed by atoms with Crippen molar-refractivity contribution in [3.05, 3.63) is 22.8 Å². The molecule has 2 amide bonds. The van der Waals surface area contributed by atoms with Crippen LogP contribution in [0.4, 0.5) is 5.13 Å². The van der Waals surface area contributed by atoms with Gasteiger partial charge in [0.05, 0.1) is 0 Å². The Morgan fingerprint density at radius 2 is 2.20 bits per heavy atom. The van der Waals surface area contributed by atoms with Gasteiger partial charge in [-0.2, -0.15) is 0 Å². The number of carboxylic acid groups (broad SMARTS) is 1. The maximum atomic E-state index is 12.3. The zero-order chi connectivity index (χ0) is 18.3. The summed E-state index contributed by atoms with van der Waals surface area (Å²) in [5, 5.41) is 24.7. The third kappa shape index (κ3) is 2.93. The number of thiazole rings is 1. The van der Waals surface area contributed by atoms with Gasteiger partial charge in [0.25, 0.3) is 11.8 Å². The van der Waals surface area contributed by atoms with Crippen LogP contribution in [0.25, 0.3) is 0 Å². The lowest BCUT2D eigenvalue weighted by atomic mass is 10.0. The van der Waals surface area contributed by atoms with Crippen molar-refractivity contribution in [1.29, 1.82) is 0 Å². The van der Waals surface area contributed by atoms with Gasteiger partial charge >= 0.3 is 5.97 Å². The third-order valence-electron chi connectivity index (χ3n) is 3.63. The number of carbonyl (C=O) groups excluding carboxylic acids is 2. The van der Waals surface area contributed by atoms with Crippen molar-refractivity contribution in [2.75, 3.05) is 5.73 Å². The van der Waals surface area contributed by atoms with Crippen LogP contribution in [-0.4, -0.2) is 60.4 Å². The number of oxime groups is 1. The number of nitrogens with zero attached hydrogens (tertiary/aromatic N) is 3. The predicted molar refractivity (Wildman–Crippen MR) is 90.2 cm³/mol. The molecule has 3 atom stereocenters. The van der Waals surface area contributed by atoms with Crippen molar-refractivity contribution in [2.24, 2.45) is 5.16 Å². The number of fused-ring (bicyclic) bond motifs is 1. The molecule has 2 aliphatic heterocycles. The summed E-state index contributed by atoms with van der Waals surface area (Å²) in [4.78, 5) is 40.8. The number of anilines is 1. The Balaban J connectivity index is 1.76. The van der Waals surface area contributed by atoms with Gasteiger partial charge in [-0.25, -0.2) is 9.78 Å². The third-order valence-corrected chi connectivity index (χ3v) is 5.64. The SMILES string of the molecule is CC1C=C(C(=O)O)N2C(=O)C(NC(=O)/C(=N/O)c3csc(N)n3)[C@H]2S1. The first-order valence-corrected chi connectivity index (χ1v) is 8.83. The zero-order valence-electron chi connectivity index (χ0n) is 12.7. The van der Waals surface area contributed by atoms with Crippen LogP contribution < -0.4 is 11.1 Å². The lowest BCUT2D eigenvalue weighted by molar-refractivity contribution is -0.150. The first-order valence-electron chi connectivity index (χ1n) is 7.01. The van der Waals surface area contributed by atoms with Gasteiger partial charge in [-0.15, -0.1) is 23.1 Å². The van der Waals surface area contributed by atoms with Crippen LogP contribution in [0.5, 0.6) is 0 Å². The maximum absolute atomic E-state index is 12.3. The van der Waals surface area contributed by atoms with Gasteiger partial charge in [0, 0.05) is 10.6 Å². The van der Waals surface area contributed by atoms with Crippen molar-refractivity contribution >= 4 is 51.7 Å². The normalized spacial score (nSPS) is 25.7. The number of aromatic nitrogens is 1. The van der Waals surface area contributed by atoms with E-state index in [1.165, 1.54) is 23.2 Å². The van der Waals surface area contributed by atoms with Gasteiger partial charge < -0.3 is 21.4 Å². The van der Waals surface area contributed by atoms with Crippen LogP contribution in [-0.2, 0) is 14.4 Å². The molecule has 2 unspecified atom stereocenters. The molecule has 10 nitrogen and oxygen atoms in total. The Morgan fingerprint density at radius 3 is 2.76 bits per heavy atom. The largest absolute Gasteiger partial charge is 0.477 e. The first kappa shape index (κ1) is 17.2. The van der Waals surface area contributed by atoms with E-state index in [1.807, 2.05) is 0 Å². The Kier molecular flexibility index (Phi) is 4.39. The van der Waals surface area contributed by atoms with Gasteiger partial charge in [-0.05, 0) is 13.0 Å². The number of nitrogens with one attached hydrogen (secondary N) is 1. The highest BCUT2D eigenvalue weighted by Crippen LogP contribution is 2.40. The lowest BCUT2D eigenvalue weighted by Crippen LogP contribution is -2.71. The van der Waals surface area contributed by atoms with E-state index in [0.29, 0.717) is 0 Å². The number of amides is 2. The summed E-state index contributed by atoms with van der Waals surface area (Å²) >= 11 is 2.41. The Labute approximate surface area is 149 Å². The van der Waals surface area contributed by atoms with Crippen LogP contribution in [0, 0.1) is 0 Å². The van der Waals surface area contributed by atoms with Gasteiger partial charge in [-0.1, -0.05) is 5.16 Å². The van der Waals surface area contributed by atoms with Crippen molar-refractivity contribution in [3.63, 3.8) is 0 Å². The van der Waals surface area contributed by atoms with E-state index < -0.39 is 29.2 Å². The molecular formula is C13H13N5O5S2. The molecule has 2 aliphatic rings. The molecule has 0 aliphatic carbocycles. The van der Waals surface area contributed by atoms with Gasteiger partial charge in [0.2, 0.25) is 0 Å². The number of carboxylic acids is 1. The van der Waals surface area contributed by atoms with Gasteiger partial charge in [0.1, 0.15) is 22.8 Å². The lowest BCUT2D eigenvalue weighted by Gasteiger charge is -2.49. The quantitative estimate of drug-likeness (QED) is 0.238. The topological polar surface area (TPSA) is 158 Å². The van der Waals surface area contributed by atoms with Crippen LogP contribution in [0.1, 0.15) is 12.6 Å². The molecule has 132 valence electrons. The number of thioether (sulfide) groups is 1. The molecule has 12 heteroatoms. The van der Waals surface area contributed by atoms with E-state index in [9.17, 15) is 19.5 Å². The highest BCUT2D eigenvalue weighted by atomic mass is 32.2. The predicted octanol–water partition coefficient (Wildman–Crippen LogP) is -0.339. The van der Waals surface area contributed by atoms with Crippen molar-refractivity contribution in [2.45, 2.75) is 23.6 Å². The van der Waals surface area contributed by atoms with Gasteiger partial charge in [0.15, 0.2) is 10.8 Å². The molecule has 0 radical (unpaired) electrons. The Morgan fingerprint density at radius 1 is 1.48 bits per heavy atom. The maximum Gasteiger partial charge on any atom is 0.352 e. The minimum absolute atomic E-state index is 0.0851. The minimum atomic E-state index is -1.20. The van der Waals surface area contributed by atoms with E-state index in [-0.39, 0.29) is 27.5 Å². The highest BCUT2D eigenvalue weighted by Gasteiger charge is 2.54. The van der Waals surface area contributed by atoms with Crippen LogP contribution in [0.2, 0.25) is 0 Å². The molecule has 0 bridgehead atoms. The van der Waals surface area contributed by atoms with Crippen LogP contribution in [0.15, 0.2) is 22.3 Å². The molecule has 3 rings (SSSR count).